The summed E-state index contributed by atoms with van der Waals surface area (Å²) in [6.07, 6.45) is 4.21. The van der Waals surface area contributed by atoms with Gasteiger partial charge in [0.25, 0.3) is 0 Å². The molecule has 27 heavy (non-hydrogen) atoms. The molecule has 144 valence electrons. The Kier molecular flexibility index (Phi) is 6.49. The minimum absolute atomic E-state index is 0.187. The fraction of sp³-hybridized carbons (Fsp3) is 0.400. The van der Waals surface area contributed by atoms with Crippen molar-refractivity contribution in [1.29, 1.82) is 0 Å². The number of aromatic nitrogens is 1. The van der Waals surface area contributed by atoms with Crippen molar-refractivity contribution in [3.63, 3.8) is 0 Å². The Hall–Kier alpha value is -2.80. The molecule has 1 fully saturated rings. The zero-order valence-corrected chi connectivity index (χ0v) is 15.5. The molecule has 1 amide bonds. The van der Waals surface area contributed by atoms with Gasteiger partial charge in [0.05, 0.1) is 12.7 Å². The third-order valence-electron chi connectivity index (χ3n) is 4.63. The van der Waals surface area contributed by atoms with Gasteiger partial charge in [-0.05, 0) is 18.1 Å². The number of piperazine rings is 1. The second-order valence-corrected chi connectivity index (χ2v) is 6.56. The van der Waals surface area contributed by atoms with Gasteiger partial charge in [0.1, 0.15) is 6.61 Å². The highest BCUT2D eigenvalue weighted by Gasteiger charge is 2.24. The molecule has 1 saturated heterocycles. The molecule has 1 atom stereocenters. The zero-order chi connectivity index (χ0) is 19.1. The lowest BCUT2D eigenvalue weighted by Gasteiger charge is -2.33. The maximum Gasteiger partial charge on any atom is 0.410 e. The van der Waals surface area contributed by atoms with Crippen molar-refractivity contribution in [3.8, 4) is 0 Å². The molecule has 0 radical (unpaired) electrons. The van der Waals surface area contributed by atoms with Crippen LogP contribution in [-0.4, -0.2) is 54.3 Å². The molecule has 0 aliphatic carbocycles. The van der Waals surface area contributed by atoms with E-state index in [1.165, 1.54) is 7.11 Å². The molecule has 0 saturated carbocycles. The number of carbonyl (C=O) groups excluding carboxylic acids is 2. The van der Waals surface area contributed by atoms with E-state index < -0.39 is 0 Å². The molecule has 1 aliphatic rings. The van der Waals surface area contributed by atoms with E-state index in [9.17, 15) is 9.59 Å². The van der Waals surface area contributed by atoms with E-state index in [4.69, 9.17) is 9.47 Å². The van der Waals surface area contributed by atoms with E-state index in [1.54, 1.807) is 17.2 Å². The molecule has 1 aliphatic heterocycles. The van der Waals surface area contributed by atoms with Gasteiger partial charge in [-0.25, -0.2) is 9.59 Å². The van der Waals surface area contributed by atoms with Crippen LogP contribution in [0, 0.1) is 0 Å². The Labute approximate surface area is 158 Å². The van der Waals surface area contributed by atoms with Gasteiger partial charge in [-0.15, -0.1) is 0 Å². The maximum absolute atomic E-state index is 12.3. The fourth-order valence-electron chi connectivity index (χ4n) is 3.12. The second kappa shape index (κ2) is 9.23. The van der Waals surface area contributed by atoms with Crippen molar-refractivity contribution in [3.05, 3.63) is 59.9 Å². The van der Waals surface area contributed by atoms with Gasteiger partial charge >= 0.3 is 12.1 Å². The van der Waals surface area contributed by atoms with Crippen LogP contribution >= 0.6 is 0 Å². The number of ether oxygens (including phenoxy) is 2. The monoisotopic (exact) mass is 371 g/mol. The number of nitrogens with one attached hydrogen (secondary N) is 1. The lowest BCUT2D eigenvalue weighted by atomic mass is 10.1. The number of benzene rings is 1. The first-order valence-corrected chi connectivity index (χ1v) is 9.09. The van der Waals surface area contributed by atoms with E-state index in [1.807, 2.05) is 41.1 Å². The highest BCUT2D eigenvalue weighted by Crippen LogP contribution is 2.10. The van der Waals surface area contributed by atoms with Crippen LogP contribution in [-0.2, 0) is 22.6 Å². The van der Waals surface area contributed by atoms with Crippen molar-refractivity contribution < 1.29 is 19.1 Å². The van der Waals surface area contributed by atoms with Crippen LogP contribution in [0.2, 0.25) is 0 Å². The van der Waals surface area contributed by atoms with Crippen LogP contribution in [0.15, 0.2) is 48.8 Å². The Balaban J connectivity index is 1.45. The maximum atomic E-state index is 12.3. The Morgan fingerprint density at radius 3 is 2.81 bits per heavy atom. The third-order valence-corrected chi connectivity index (χ3v) is 4.63. The molecule has 3 rings (SSSR count). The minimum atomic E-state index is -0.336. The van der Waals surface area contributed by atoms with Crippen molar-refractivity contribution in [2.75, 3.05) is 26.7 Å². The minimum Gasteiger partial charge on any atom is -0.465 e. The highest BCUT2D eigenvalue weighted by molar-refractivity contribution is 5.89. The summed E-state index contributed by atoms with van der Waals surface area (Å²) in [5.41, 5.74) is 1.52. The predicted octanol–water partition coefficient (Wildman–Crippen LogP) is 2.28. The van der Waals surface area contributed by atoms with Gasteiger partial charge in [0, 0.05) is 44.6 Å². The largest absolute Gasteiger partial charge is 0.465 e. The van der Waals surface area contributed by atoms with E-state index >= 15 is 0 Å². The van der Waals surface area contributed by atoms with Gasteiger partial charge in [0.2, 0.25) is 0 Å². The molecular formula is C20H25N3O4. The Morgan fingerprint density at radius 2 is 2.04 bits per heavy atom. The van der Waals surface area contributed by atoms with Crippen molar-refractivity contribution in [2.45, 2.75) is 25.6 Å². The summed E-state index contributed by atoms with van der Waals surface area (Å²) in [7, 11) is 1.37. The molecule has 2 heterocycles. The van der Waals surface area contributed by atoms with Crippen LogP contribution in [0.3, 0.4) is 0 Å². The quantitative estimate of drug-likeness (QED) is 0.789. The standard InChI is InChI=1S/C20H25N3O4/c1-26-19(24)17-7-10-22(13-17)11-8-18-14-23(12-9-21-18)20(25)27-15-16-5-3-2-4-6-16/h2-7,10,13,18,21H,8-9,11-12,14-15H2,1H3/t18-/m1/s1. The van der Waals surface area contributed by atoms with E-state index in [2.05, 4.69) is 5.32 Å². The van der Waals surface area contributed by atoms with Crippen LogP contribution in [0.4, 0.5) is 4.79 Å². The molecule has 0 unspecified atom stereocenters. The first-order valence-electron chi connectivity index (χ1n) is 9.09. The lowest BCUT2D eigenvalue weighted by Crippen LogP contribution is -2.52. The number of aryl methyl sites for hydroxylation is 1. The third kappa shape index (κ3) is 5.34. The molecule has 1 N–H and O–H groups in total. The summed E-state index contributed by atoms with van der Waals surface area (Å²) in [5.74, 6) is -0.336. The predicted molar refractivity (Wildman–Crippen MR) is 100 cm³/mol. The second-order valence-electron chi connectivity index (χ2n) is 6.56. The van der Waals surface area contributed by atoms with Crippen LogP contribution < -0.4 is 5.32 Å². The van der Waals surface area contributed by atoms with Crippen LogP contribution in [0.5, 0.6) is 0 Å². The number of esters is 1. The topological polar surface area (TPSA) is 72.8 Å². The lowest BCUT2D eigenvalue weighted by molar-refractivity contribution is 0.0600. The fourth-order valence-corrected chi connectivity index (χ4v) is 3.12. The van der Waals surface area contributed by atoms with Gasteiger partial charge in [-0.1, -0.05) is 30.3 Å². The smallest absolute Gasteiger partial charge is 0.410 e. The number of hydrogen-bond donors (Lipinski definition) is 1. The van der Waals surface area contributed by atoms with Crippen LogP contribution in [0.1, 0.15) is 22.3 Å². The number of methoxy groups -OCH3 is 1. The highest BCUT2D eigenvalue weighted by atomic mass is 16.6. The van der Waals surface area contributed by atoms with Gasteiger partial charge in [-0.2, -0.15) is 0 Å². The molecule has 1 aromatic heterocycles. The summed E-state index contributed by atoms with van der Waals surface area (Å²) in [5, 5.41) is 3.43. The number of nitrogens with zero attached hydrogens (tertiary/aromatic N) is 2. The molecule has 7 nitrogen and oxygen atoms in total. The summed E-state index contributed by atoms with van der Waals surface area (Å²) in [6.45, 7) is 3.03. The molecular weight excluding hydrogens is 346 g/mol. The SMILES string of the molecule is COC(=O)c1ccn(CC[C@@H]2CN(C(=O)OCc3ccccc3)CCN2)c1. The summed E-state index contributed by atoms with van der Waals surface area (Å²) in [6, 6.07) is 11.6. The average molecular weight is 371 g/mol. The van der Waals surface area contributed by atoms with Gasteiger partial charge < -0.3 is 24.3 Å². The van der Waals surface area contributed by atoms with E-state index in [0.717, 1.165) is 25.1 Å². The molecule has 2 aromatic rings. The van der Waals surface area contributed by atoms with E-state index in [0.29, 0.717) is 18.7 Å². The Morgan fingerprint density at radius 1 is 1.22 bits per heavy atom. The summed E-state index contributed by atoms with van der Waals surface area (Å²) >= 11 is 0. The Bertz CT molecular complexity index is 760. The summed E-state index contributed by atoms with van der Waals surface area (Å²) < 4.78 is 12.1. The number of hydrogen-bond acceptors (Lipinski definition) is 5. The van der Waals surface area contributed by atoms with Crippen LogP contribution in [0.25, 0.3) is 0 Å². The van der Waals surface area contributed by atoms with Gasteiger partial charge in [0.15, 0.2) is 0 Å². The van der Waals surface area contributed by atoms with Gasteiger partial charge in [-0.3, -0.25) is 0 Å². The molecule has 7 heteroatoms. The van der Waals surface area contributed by atoms with Crippen molar-refractivity contribution in [2.24, 2.45) is 0 Å². The zero-order valence-electron chi connectivity index (χ0n) is 15.5. The molecule has 0 bridgehead atoms. The molecule has 1 aromatic carbocycles. The summed E-state index contributed by atoms with van der Waals surface area (Å²) in [4.78, 5) is 25.6. The number of carbonyl (C=O) groups is 2. The first kappa shape index (κ1) is 19.0. The number of amides is 1. The first-order chi connectivity index (χ1) is 13.2. The molecule has 0 spiro atoms. The number of rotatable bonds is 6. The normalized spacial score (nSPS) is 16.8. The van der Waals surface area contributed by atoms with Crippen molar-refractivity contribution in [1.82, 2.24) is 14.8 Å². The van der Waals surface area contributed by atoms with Crippen molar-refractivity contribution >= 4 is 12.1 Å². The average Bonchev–Trinajstić information content (AvgIpc) is 3.20. The van der Waals surface area contributed by atoms with E-state index in [-0.39, 0.29) is 24.7 Å².